The lowest BCUT2D eigenvalue weighted by Crippen LogP contribution is -2.17. The molecule has 2 N–H and O–H groups in total. The first-order valence-corrected chi connectivity index (χ1v) is 18.0. The van der Waals surface area contributed by atoms with Crippen LogP contribution in [0.5, 0.6) is 0 Å². The zero-order chi connectivity index (χ0) is 36.0. The molecule has 10 rings (SSSR count). The van der Waals surface area contributed by atoms with Crippen LogP contribution in [0.3, 0.4) is 0 Å². The lowest BCUT2D eigenvalue weighted by molar-refractivity contribution is 0.668. The molecule has 0 radical (unpaired) electrons. The molecule has 0 amide bonds. The zero-order valence-corrected chi connectivity index (χ0v) is 29.2. The smallest absolute Gasteiger partial charge is 0.158 e. The Kier molecular flexibility index (Phi) is 7.62. The Morgan fingerprint density at radius 2 is 1.06 bits per heavy atom. The van der Waals surface area contributed by atoms with Gasteiger partial charge in [-0.15, -0.1) is 0 Å². The second-order valence-electron chi connectivity index (χ2n) is 13.5. The SMILES string of the molecule is N/C(=N\C(=N/Cc1ccc2ccccc2c1)c1cccc2oc3ccccc3c12)c1cccc2oc3ccc(-c4cccc(-c5ccccc5)c4)cc3c12. The lowest BCUT2D eigenvalue weighted by Gasteiger charge is -2.09. The fourth-order valence-corrected chi connectivity index (χ4v) is 7.55. The summed E-state index contributed by atoms with van der Waals surface area (Å²) in [7, 11) is 0. The van der Waals surface area contributed by atoms with E-state index in [0.717, 1.165) is 71.7 Å². The highest BCUT2D eigenvalue weighted by Gasteiger charge is 2.18. The molecule has 8 aromatic carbocycles. The van der Waals surface area contributed by atoms with Crippen molar-refractivity contribution in [2.45, 2.75) is 6.54 Å². The zero-order valence-electron chi connectivity index (χ0n) is 29.2. The molecule has 0 atom stereocenters. The molecule has 0 aliphatic rings. The number of amidine groups is 2. The van der Waals surface area contributed by atoms with Gasteiger partial charge in [0.2, 0.25) is 0 Å². The maximum atomic E-state index is 7.06. The van der Waals surface area contributed by atoms with Crippen LogP contribution in [-0.2, 0) is 6.54 Å². The predicted molar refractivity (Wildman–Crippen MR) is 223 cm³/mol. The molecule has 2 heterocycles. The van der Waals surface area contributed by atoms with Gasteiger partial charge in [0.1, 0.15) is 28.2 Å². The lowest BCUT2D eigenvalue weighted by atomic mass is 9.97. The van der Waals surface area contributed by atoms with Crippen LogP contribution < -0.4 is 5.73 Å². The third kappa shape index (κ3) is 5.60. The van der Waals surface area contributed by atoms with Crippen LogP contribution in [0.25, 0.3) is 76.9 Å². The van der Waals surface area contributed by atoms with Crippen molar-refractivity contribution in [2.75, 3.05) is 0 Å². The predicted octanol–water partition coefficient (Wildman–Crippen LogP) is 12.3. The molecule has 5 nitrogen and oxygen atoms in total. The molecule has 0 spiro atoms. The number of benzene rings is 8. The third-order valence-electron chi connectivity index (χ3n) is 10.2. The van der Waals surface area contributed by atoms with Gasteiger partial charge in [0.05, 0.1) is 6.54 Å². The van der Waals surface area contributed by atoms with Crippen LogP contribution in [0.2, 0.25) is 0 Å². The van der Waals surface area contributed by atoms with E-state index in [4.69, 9.17) is 24.6 Å². The van der Waals surface area contributed by atoms with Crippen molar-refractivity contribution in [3.05, 3.63) is 193 Å². The van der Waals surface area contributed by atoms with Crippen molar-refractivity contribution in [2.24, 2.45) is 15.7 Å². The van der Waals surface area contributed by atoms with Crippen LogP contribution in [0.15, 0.2) is 195 Å². The van der Waals surface area contributed by atoms with Gasteiger partial charge in [-0.05, 0) is 81.1 Å². The summed E-state index contributed by atoms with van der Waals surface area (Å²) in [6.07, 6.45) is 0. The number of rotatable bonds is 6. The Balaban J connectivity index is 1.12. The van der Waals surface area contributed by atoms with E-state index in [1.54, 1.807) is 0 Å². The van der Waals surface area contributed by atoms with Crippen LogP contribution in [0, 0.1) is 0 Å². The highest BCUT2D eigenvalue weighted by atomic mass is 16.3. The maximum Gasteiger partial charge on any atom is 0.158 e. The number of aliphatic imine (C=N–C) groups is 2. The maximum absolute atomic E-state index is 7.06. The van der Waals surface area contributed by atoms with Gasteiger partial charge in [-0.25, -0.2) is 4.99 Å². The number of para-hydroxylation sites is 1. The number of fused-ring (bicyclic) bond motifs is 7. The molecule has 5 heteroatoms. The van der Waals surface area contributed by atoms with Crippen LogP contribution in [0.1, 0.15) is 16.7 Å². The van der Waals surface area contributed by atoms with E-state index < -0.39 is 0 Å². The summed E-state index contributed by atoms with van der Waals surface area (Å²) in [4.78, 5) is 10.3. The Hall–Kier alpha value is -7.24. The quantitative estimate of drug-likeness (QED) is 0.139. The topological polar surface area (TPSA) is 77.0 Å². The van der Waals surface area contributed by atoms with Gasteiger partial charge in [-0.2, -0.15) is 0 Å². The summed E-state index contributed by atoms with van der Waals surface area (Å²) in [5, 5.41) is 6.20. The summed E-state index contributed by atoms with van der Waals surface area (Å²) in [5.74, 6) is 0.878. The van der Waals surface area contributed by atoms with E-state index in [0.29, 0.717) is 18.2 Å². The molecular weight excluding hydrogens is 663 g/mol. The molecule has 0 unspecified atom stereocenters. The van der Waals surface area contributed by atoms with Crippen molar-refractivity contribution < 1.29 is 8.83 Å². The second-order valence-corrected chi connectivity index (χ2v) is 13.5. The summed E-state index contributed by atoms with van der Waals surface area (Å²) < 4.78 is 12.7. The third-order valence-corrected chi connectivity index (χ3v) is 10.2. The minimum atomic E-state index is 0.349. The number of nitrogens with zero attached hydrogens (tertiary/aromatic N) is 2. The summed E-state index contributed by atoms with van der Waals surface area (Å²) in [6, 6.07) is 60.2. The molecular formula is C49H33N3O2. The molecule has 54 heavy (non-hydrogen) atoms. The highest BCUT2D eigenvalue weighted by Crippen LogP contribution is 2.36. The van der Waals surface area contributed by atoms with Gasteiger partial charge in [0.25, 0.3) is 0 Å². The van der Waals surface area contributed by atoms with Crippen molar-refractivity contribution >= 4 is 66.3 Å². The Morgan fingerprint density at radius 3 is 1.89 bits per heavy atom. The number of hydrogen-bond donors (Lipinski definition) is 1. The number of furan rings is 2. The van der Waals surface area contributed by atoms with Gasteiger partial charge in [0, 0.05) is 32.7 Å². The Morgan fingerprint density at radius 1 is 0.444 bits per heavy atom. The monoisotopic (exact) mass is 695 g/mol. The van der Waals surface area contributed by atoms with E-state index in [9.17, 15) is 0 Å². The number of nitrogens with two attached hydrogens (primary N) is 1. The van der Waals surface area contributed by atoms with E-state index in [1.807, 2.05) is 66.7 Å². The van der Waals surface area contributed by atoms with Crippen molar-refractivity contribution in [3.8, 4) is 22.3 Å². The molecule has 0 saturated heterocycles. The van der Waals surface area contributed by atoms with E-state index >= 15 is 0 Å². The molecule has 0 bridgehead atoms. The molecule has 0 aliphatic heterocycles. The van der Waals surface area contributed by atoms with Gasteiger partial charge >= 0.3 is 0 Å². The highest BCUT2D eigenvalue weighted by molar-refractivity contribution is 6.24. The fraction of sp³-hybridized carbons (Fsp3) is 0.0204. The first-order valence-electron chi connectivity index (χ1n) is 18.0. The molecule has 0 saturated carbocycles. The summed E-state index contributed by atoms with van der Waals surface area (Å²) >= 11 is 0. The van der Waals surface area contributed by atoms with Crippen molar-refractivity contribution in [1.29, 1.82) is 0 Å². The minimum absolute atomic E-state index is 0.349. The molecule has 2 aromatic heterocycles. The first-order chi connectivity index (χ1) is 26.7. The fourth-order valence-electron chi connectivity index (χ4n) is 7.55. The van der Waals surface area contributed by atoms with Gasteiger partial charge in [-0.1, -0.05) is 133 Å². The van der Waals surface area contributed by atoms with Crippen molar-refractivity contribution in [1.82, 2.24) is 0 Å². The van der Waals surface area contributed by atoms with E-state index in [2.05, 4.69) is 109 Å². The molecule has 10 aromatic rings. The molecule has 256 valence electrons. The number of hydrogen-bond acceptors (Lipinski definition) is 3. The van der Waals surface area contributed by atoms with Gasteiger partial charge < -0.3 is 14.6 Å². The first kappa shape index (κ1) is 31.5. The summed E-state index contributed by atoms with van der Waals surface area (Å²) in [6.45, 7) is 0.424. The van der Waals surface area contributed by atoms with E-state index in [1.165, 1.54) is 21.9 Å². The van der Waals surface area contributed by atoms with Crippen LogP contribution in [-0.4, -0.2) is 11.7 Å². The summed E-state index contributed by atoms with van der Waals surface area (Å²) in [5.41, 5.74) is 17.4. The molecule has 0 fully saturated rings. The standard InChI is InChI=1S/C49H33N3O2/c50-48(39-18-9-21-45-47(39)41-29-37(25-26-43(41)54-45)36-16-8-15-35(28-36)32-11-2-1-3-12-32)52-49(51-30-31-23-24-33-13-4-5-14-34(33)27-31)40-19-10-22-44-46(40)38-17-6-7-20-42(38)53-44/h1-29H,30H2,(H2,50,51,52). The Bertz CT molecular complexity index is 3100. The normalized spacial score (nSPS) is 12.4. The van der Waals surface area contributed by atoms with Crippen LogP contribution >= 0.6 is 0 Å². The molecule has 0 aliphatic carbocycles. The minimum Gasteiger partial charge on any atom is -0.456 e. The van der Waals surface area contributed by atoms with Crippen LogP contribution in [0.4, 0.5) is 0 Å². The van der Waals surface area contributed by atoms with Gasteiger partial charge in [0.15, 0.2) is 5.84 Å². The largest absolute Gasteiger partial charge is 0.456 e. The van der Waals surface area contributed by atoms with Crippen molar-refractivity contribution in [3.63, 3.8) is 0 Å². The Labute approximate surface area is 311 Å². The van der Waals surface area contributed by atoms with E-state index in [-0.39, 0.29) is 0 Å². The second kappa shape index (κ2) is 13.1. The average molecular weight is 696 g/mol. The van der Waals surface area contributed by atoms with Gasteiger partial charge in [-0.3, -0.25) is 4.99 Å². The average Bonchev–Trinajstić information content (AvgIpc) is 3.81.